The van der Waals surface area contributed by atoms with Crippen molar-refractivity contribution in [1.82, 2.24) is 9.97 Å². The van der Waals surface area contributed by atoms with Crippen LogP contribution in [0.5, 0.6) is 0 Å². The lowest BCUT2D eigenvalue weighted by atomic mass is 9.95. The molecule has 5 heteroatoms. The highest BCUT2D eigenvalue weighted by Gasteiger charge is 2.32. The van der Waals surface area contributed by atoms with Gasteiger partial charge >= 0.3 is 0 Å². The predicted molar refractivity (Wildman–Crippen MR) is 73.2 cm³/mol. The van der Waals surface area contributed by atoms with Gasteiger partial charge in [0.25, 0.3) is 0 Å². The van der Waals surface area contributed by atoms with Crippen molar-refractivity contribution in [1.29, 1.82) is 0 Å². The first-order valence-corrected chi connectivity index (χ1v) is 6.48. The topological polar surface area (TPSA) is 73.1 Å². The van der Waals surface area contributed by atoms with E-state index in [9.17, 15) is 0 Å². The number of nitrogen functional groups attached to an aromatic ring is 1. The first kappa shape index (κ1) is 14.9. The van der Waals surface area contributed by atoms with E-state index in [0.29, 0.717) is 11.6 Å². The molecule has 0 amide bonds. The zero-order chi connectivity index (χ0) is 13.8. The summed E-state index contributed by atoms with van der Waals surface area (Å²) in [6, 6.07) is 0. The number of nitrogens with zero attached hydrogens (tertiary/aromatic N) is 2. The number of aryl methyl sites for hydroxylation is 1. The van der Waals surface area contributed by atoms with Gasteiger partial charge in [-0.05, 0) is 26.2 Å². The predicted octanol–water partition coefficient (Wildman–Crippen LogP) is 2.29. The van der Waals surface area contributed by atoms with Crippen LogP contribution in [0.25, 0.3) is 0 Å². The van der Waals surface area contributed by atoms with E-state index < -0.39 is 5.60 Å². The van der Waals surface area contributed by atoms with Crippen LogP contribution < -0.4 is 11.3 Å². The Morgan fingerprint density at radius 1 is 1.22 bits per heavy atom. The van der Waals surface area contributed by atoms with E-state index in [1.807, 2.05) is 6.92 Å². The van der Waals surface area contributed by atoms with Crippen molar-refractivity contribution in [3.05, 3.63) is 17.1 Å². The number of hydrogen-bond acceptors (Lipinski definition) is 5. The molecular formula is C13H24N4O. The van der Waals surface area contributed by atoms with Gasteiger partial charge in [-0.2, -0.15) is 0 Å². The highest BCUT2D eigenvalue weighted by molar-refractivity contribution is 5.45. The number of hydrazine groups is 1. The summed E-state index contributed by atoms with van der Waals surface area (Å²) in [4.78, 5) is 9.14. The molecule has 0 bridgehead atoms. The number of hydrogen-bond donors (Lipinski definition) is 2. The number of anilines is 1. The molecule has 1 heterocycles. The smallest absolute Gasteiger partial charge is 0.162 e. The van der Waals surface area contributed by atoms with Crippen LogP contribution in [0, 0.1) is 6.92 Å². The van der Waals surface area contributed by atoms with Crippen LogP contribution in [0.3, 0.4) is 0 Å². The number of methoxy groups -OCH3 is 1. The van der Waals surface area contributed by atoms with Crippen LogP contribution >= 0.6 is 0 Å². The lowest BCUT2D eigenvalue weighted by Crippen LogP contribution is -2.31. The molecule has 0 atom stereocenters. The van der Waals surface area contributed by atoms with Crippen LogP contribution in [-0.4, -0.2) is 17.1 Å². The van der Waals surface area contributed by atoms with Crippen LogP contribution in [0.1, 0.15) is 50.7 Å². The Morgan fingerprint density at radius 3 is 2.22 bits per heavy atom. The Labute approximate surface area is 109 Å². The van der Waals surface area contributed by atoms with Crippen molar-refractivity contribution in [3.8, 4) is 0 Å². The van der Waals surface area contributed by atoms with Gasteiger partial charge in [-0.15, -0.1) is 0 Å². The van der Waals surface area contributed by atoms with E-state index in [1.54, 1.807) is 7.11 Å². The van der Waals surface area contributed by atoms with Crippen LogP contribution in [0.4, 0.5) is 5.82 Å². The maximum Gasteiger partial charge on any atom is 0.162 e. The first-order valence-electron chi connectivity index (χ1n) is 6.48. The Balaban J connectivity index is 3.38. The lowest BCUT2D eigenvalue weighted by Gasteiger charge is -2.29. The Morgan fingerprint density at radius 2 is 1.83 bits per heavy atom. The summed E-state index contributed by atoms with van der Waals surface area (Å²) in [6.45, 7) is 8.20. The minimum absolute atomic E-state index is 0.428. The Hall–Kier alpha value is -1.20. The van der Waals surface area contributed by atoms with Gasteiger partial charge in [0, 0.05) is 18.4 Å². The fourth-order valence-electron chi connectivity index (χ4n) is 2.29. The molecule has 0 aromatic carbocycles. The maximum absolute atomic E-state index is 5.66. The van der Waals surface area contributed by atoms with E-state index >= 15 is 0 Å². The second-order valence-corrected chi connectivity index (χ2v) is 4.36. The monoisotopic (exact) mass is 252 g/mol. The summed E-state index contributed by atoms with van der Waals surface area (Å²) in [6.07, 6.45) is 2.51. The zero-order valence-electron chi connectivity index (χ0n) is 12.0. The third kappa shape index (κ3) is 2.47. The second-order valence-electron chi connectivity index (χ2n) is 4.36. The molecule has 0 unspecified atom stereocenters. The van der Waals surface area contributed by atoms with Crippen molar-refractivity contribution < 1.29 is 4.74 Å². The van der Waals surface area contributed by atoms with E-state index in [0.717, 1.165) is 30.5 Å². The van der Waals surface area contributed by atoms with Crippen molar-refractivity contribution in [2.75, 3.05) is 12.5 Å². The first-order chi connectivity index (χ1) is 8.58. The number of aromatic nitrogens is 2. The minimum atomic E-state index is -0.428. The molecule has 0 aliphatic heterocycles. The largest absolute Gasteiger partial charge is 0.370 e. The fraction of sp³-hybridized carbons (Fsp3) is 0.692. The van der Waals surface area contributed by atoms with Gasteiger partial charge in [-0.25, -0.2) is 15.8 Å². The van der Waals surface area contributed by atoms with Gasteiger partial charge in [0.2, 0.25) is 0 Å². The van der Waals surface area contributed by atoms with E-state index in [2.05, 4.69) is 36.2 Å². The molecule has 102 valence electrons. The quantitative estimate of drug-likeness (QED) is 0.600. The molecule has 0 aliphatic carbocycles. The SMILES string of the molecule is CCc1c(C)nc(C(CC)(CC)OC)nc1NN. The molecule has 0 fully saturated rings. The minimum Gasteiger partial charge on any atom is -0.370 e. The van der Waals surface area contributed by atoms with Gasteiger partial charge in [0.05, 0.1) is 0 Å². The number of nitrogens with one attached hydrogen (secondary N) is 1. The van der Waals surface area contributed by atoms with Crippen molar-refractivity contribution in [2.24, 2.45) is 5.84 Å². The summed E-state index contributed by atoms with van der Waals surface area (Å²) < 4.78 is 5.66. The van der Waals surface area contributed by atoms with Crippen LogP contribution in [0.2, 0.25) is 0 Å². The van der Waals surface area contributed by atoms with E-state index in [4.69, 9.17) is 10.6 Å². The van der Waals surface area contributed by atoms with Crippen LogP contribution in [0.15, 0.2) is 0 Å². The van der Waals surface area contributed by atoms with E-state index in [1.165, 1.54) is 0 Å². The molecule has 18 heavy (non-hydrogen) atoms. The highest BCUT2D eigenvalue weighted by Crippen LogP contribution is 2.31. The zero-order valence-corrected chi connectivity index (χ0v) is 12.0. The molecular weight excluding hydrogens is 228 g/mol. The molecule has 1 aromatic heterocycles. The molecule has 0 saturated carbocycles. The summed E-state index contributed by atoms with van der Waals surface area (Å²) in [7, 11) is 1.70. The number of nitrogens with two attached hydrogens (primary N) is 1. The molecule has 1 aromatic rings. The summed E-state index contributed by atoms with van der Waals surface area (Å²) in [5.41, 5.74) is 4.25. The Bertz CT molecular complexity index is 394. The number of ether oxygens (including phenoxy) is 1. The summed E-state index contributed by atoms with van der Waals surface area (Å²) in [5.74, 6) is 6.95. The maximum atomic E-state index is 5.66. The van der Waals surface area contributed by atoms with Crippen molar-refractivity contribution in [3.63, 3.8) is 0 Å². The molecule has 0 aliphatic rings. The molecule has 3 N–H and O–H groups in total. The molecule has 5 nitrogen and oxygen atoms in total. The molecule has 1 rings (SSSR count). The lowest BCUT2D eigenvalue weighted by molar-refractivity contribution is -0.0291. The van der Waals surface area contributed by atoms with Gasteiger partial charge in [-0.3, -0.25) is 0 Å². The van der Waals surface area contributed by atoms with Gasteiger partial charge in [0.15, 0.2) is 5.82 Å². The molecule has 0 spiro atoms. The van der Waals surface area contributed by atoms with Crippen molar-refractivity contribution in [2.45, 2.75) is 52.6 Å². The van der Waals surface area contributed by atoms with Crippen molar-refractivity contribution >= 4 is 5.82 Å². The second kappa shape index (κ2) is 6.11. The normalized spacial score (nSPS) is 11.7. The average Bonchev–Trinajstić information content (AvgIpc) is 2.40. The fourth-order valence-corrected chi connectivity index (χ4v) is 2.29. The summed E-state index contributed by atoms with van der Waals surface area (Å²) in [5, 5.41) is 0. The van der Waals surface area contributed by atoms with Gasteiger partial charge < -0.3 is 10.2 Å². The highest BCUT2D eigenvalue weighted by atomic mass is 16.5. The standard InChI is InChI=1S/C13H24N4O/c1-6-10-9(4)15-12(16-11(10)17-14)13(7-2,8-3)18-5/h6-8,14H2,1-5H3,(H,15,16,17). The average molecular weight is 252 g/mol. The third-order valence-electron chi connectivity index (χ3n) is 3.64. The van der Waals surface area contributed by atoms with Crippen LogP contribution in [-0.2, 0) is 16.8 Å². The third-order valence-corrected chi connectivity index (χ3v) is 3.64. The summed E-state index contributed by atoms with van der Waals surface area (Å²) >= 11 is 0. The number of rotatable bonds is 6. The van der Waals surface area contributed by atoms with Gasteiger partial charge in [0.1, 0.15) is 11.4 Å². The molecule has 0 radical (unpaired) electrons. The Kier molecular flexibility index (Phi) is 5.04. The van der Waals surface area contributed by atoms with Gasteiger partial charge in [-0.1, -0.05) is 20.8 Å². The van der Waals surface area contributed by atoms with E-state index in [-0.39, 0.29) is 0 Å². The molecule has 0 saturated heterocycles.